The van der Waals surface area contributed by atoms with Crippen LogP contribution in [-0.2, 0) is 11.3 Å². The molecular weight excluding hydrogens is 258 g/mol. The molecule has 2 rings (SSSR count). The van der Waals surface area contributed by atoms with Gasteiger partial charge in [-0.1, -0.05) is 13.8 Å². The number of nitrogens with zero attached hydrogens (tertiary/aromatic N) is 2. The lowest BCUT2D eigenvalue weighted by Crippen LogP contribution is -2.24. The summed E-state index contributed by atoms with van der Waals surface area (Å²) in [6, 6.07) is 4.75. The van der Waals surface area contributed by atoms with Crippen molar-refractivity contribution in [2.75, 3.05) is 7.05 Å². The molecule has 1 heterocycles. The van der Waals surface area contributed by atoms with Gasteiger partial charge in [0.1, 0.15) is 12.4 Å². The van der Waals surface area contributed by atoms with Gasteiger partial charge in [-0.15, -0.1) is 0 Å². The fraction of sp³-hybridized carbons (Fsp3) is 0.357. The minimum atomic E-state index is -0.987. The summed E-state index contributed by atoms with van der Waals surface area (Å²) < 4.78 is 1.82. The Bertz CT molecular complexity index is 674. The summed E-state index contributed by atoms with van der Waals surface area (Å²) in [5.74, 6) is -0.196. The van der Waals surface area contributed by atoms with Crippen LogP contribution in [0.25, 0.3) is 11.0 Å². The van der Waals surface area contributed by atoms with Crippen molar-refractivity contribution in [3.05, 3.63) is 29.6 Å². The van der Waals surface area contributed by atoms with Crippen LogP contribution in [0.4, 0.5) is 0 Å². The second-order valence-electron chi connectivity index (χ2n) is 4.89. The molecule has 0 saturated heterocycles. The first-order valence-corrected chi connectivity index (χ1v) is 6.38. The van der Waals surface area contributed by atoms with E-state index in [1.807, 2.05) is 18.4 Å². The lowest BCUT2D eigenvalue weighted by atomic mass is 10.2. The van der Waals surface area contributed by atoms with Gasteiger partial charge in [-0.3, -0.25) is 4.79 Å². The van der Waals surface area contributed by atoms with Crippen molar-refractivity contribution < 1.29 is 14.7 Å². The molecule has 2 N–H and O–H groups in total. The van der Waals surface area contributed by atoms with E-state index in [1.165, 1.54) is 12.1 Å². The maximum absolute atomic E-state index is 11.6. The quantitative estimate of drug-likeness (QED) is 0.887. The Balaban J connectivity index is 2.60. The second-order valence-corrected chi connectivity index (χ2v) is 4.89. The van der Waals surface area contributed by atoms with Gasteiger partial charge in [0, 0.05) is 13.0 Å². The van der Waals surface area contributed by atoms with Crippen molar-refractivity contribution >= 4 is 22.9 Å². The molecule has 1 amide bonds. The minimum absolute atomic E-state index is 0.117. The van der Waals surface area contributed by atoms with Crippen LogP contribution in [0.3, 0.4) is 0 Å². The van der Waals surface area contributed by atoms with E-state index in [0.717, 1.165) is 11.3 Å². The number of amides is 1. The number of likely N-dealkylation sites (N-methyl/N-ethyl adjacent to an activating group) is 1. The summed E-state index contributed by atoms with van der Waals surface area (Å²) in [5.41, 5.74) is 1.55. The van der Waals surface area contributed by atoms with Gasteiger partial charge in [0.15, 0.2) is 0 Å². The molecule has 0 radical (unpaired) electrons. The number of carboxylic acid groups (broad SMARTS) is 1. The number of fused-ring (bicyclic) bond motifs is 1. The highest BCUT2D eigenvalue weighted by atomic mass is 16.4. The molecule has 20 heavy (non-hydrogen) atoms. The number of hydrogen-bond donors (Lipinski definition) is 2. The van der Waals surface area contributed by atoms with Crippen molar-refractivity contribution in [3.63, 3.8) is 0 Å². The largest absolute Gasteiger partial charge is 0.478 e. The zero-order valence-corrected chi connectivity index (χ0v) is 11.7. The van der Waals surface area contributed by atoms with Crippen LogP contribution in [0.1, 0.15) is 35.9 Å². The fourth-order valence-electron chi connectivity index (χ4n) is 2.11. The number of carbonyl (C=O) groups excluding carboxylic acids is 1. The Hall–Kier alpha value is -2.37. The van der Waals surface area contributed by atoms with E-state index in [4.69, 9.17) is 5.11 Å². The lowest BCUT2D eigenvalue weighted by Gasteiger charge is -2.10. The normalized spacial score (nSPS) is 11.0. The van der Waals surface area contributed by atoms with E-state index < -0.39 is 5.97 Å². The lowest BCUT2D eigenvalue weighted by molar-refractivity contribution is -0.121. The molecule has 106 valence electrons. The number of aromatic nitrogens is 2. The first kappa shape index (κ1) is 14.0. The molecule has 0 unspecified atom stereocenters. The molecule has 0 aliphatic rings. The Kier molecular flexibility index (Phi) is 3.74. The average Bonchev–Trinajstić information content (AvgIpc) is 2.76. The third-order valence-corrected chi connectivity index (χ3v) is 3.12. The van der Waals surface area contributed by atoms with Gasteiger partial charge in [-0.05, 0) is 18.2 Å². The summed E-state index contributed by atoms with van der Waals surface area (Å²) in [7, 11) is 1.58. The van der Waals surface area contributed by atoms with Gasteiger partial charge >= 0.3 is 5.97 Å². The number of hydrogen-bond acceptors (Lipinski definition) is 3. The fourth-order valence-corrected chi connectivity index (χ4v) is 2.11. The summed E-state index contributed by atoms with van der Waals surface area (Å²) in [6.45, 7) is 4.15. The van der Waals surface area contributed by atoms with E-state index in [9.17, 15) is 9.59 Å². The maximum Gasteiger partial charge on any atom is 0.335 e. The Morgan fingerprint density at radius 3 is 2.65 bits per heavy atom. The summed E-state index contributed by atoms with van der Waals surface area (Å²) >= 11 is 0. The Morgan fingerprint density at radius 1 is 1.40 bits per heavy atom. The topological polar surface area (TPSA) is 84.2 Å². The van der Waals surface area contributed by atoms with Crippen LogP contribution in [0.2, 0.25) is 0 Å². The predicted molar refractivity (Wildman–Crippen MR) is 74.8 cm³/mol. The third-order valence-electron chi connectivity index (χ3n) is 3.12. The van der Waals surface area contributed by atoms with Crippen molar-refractivity contribution in [1.82, 2.24) is 14.9 Å². The molecule has 0 aliphatic heterocycles. The Morgan fingerprint density at radius 2 is 2.10 bits per heavy atom. The van der Waals surface area contributed by atoms with E-state index in [0.29, 0.717) is 5.52 Å². The highest BCUT2D eigenvalue weighted by Gasteiger charge is 2.16. The molecule has 6 heteroatoms. The molecule has 0 spiro atoms. The second kappa shape index (κ2) is 5.32. The average molecular weight is 275 g/mol. The van der Waals surface area contributed by atoms with Crippen molar-refractivity contribution in [1.29, 1.82) is 0 Å². The summed E-state index contributed by atoms with van der Waals surface area (Å²) in [5, 5.41) is 11.6. The van der Waals surface area contributed by atoms with Crippen molar-refractivity contribution in [2.24, 2.45) is 0 Å². The van der Waals surface area contributed by atoms with Gasteiger partial charge in [-0.25, -0.2) is 9.78 Å². The van der Waals surface area contributed by atoms with Crippen molar-refractivity contribution in [3.8, 4) is 0 Å². The number of rotatable bonds is 4. The van der Waals surface area contributed by atoms with Gasteiger partial charge in [0.05, 0.1) is 16.6 Å². The summed E-state index contributed by atoms with van der Waals surface area (Å²) in [4.78, 5) is 27.1. The zero-order valence-electron chi connectivity index (χ0n) is 11.7. The van der Waals surface area contributed by atoms with Crippen LogP contribution in [0.15, 0.2) is 18.2 Å². The van der Waals surface area contributed by atoms with E-state index in [-0.39, 0.29) is 23.9 Å². The van der Waals surface area contributed by atoms with E-state index >= 15 is 0 Å². The molecule has 6 nitrogen and oxygen atoms in total. The first-order chi connectivity index (χ1) is 9.43. The number of carbonyl (C=O) groups is 2. The standard InChI is InChI=1S/C14H17N3O3/c1-8(2)13-16-10-6-9(14(19)20)4-5-11(10)17(13)7-12(18)15-3/h4-6,8H,7H2,1-3H3,(H,15,18)(H,19,20). The zero-order chi connectivity index (χ0) is 14.9. The van der Waals surface area contributed by atoms with Crippen LogP contribution < -0.4 is 5.32 Å². The molecule has 1 aromatic heterocycles. The third kappa shape index (κ3) is 2.49. The molecule has 0 fully saturated rings. The van der Waals surface area contributed by atoms with Gasteiger partial charge in [0.25, 0.3) is 0 Å². The minimum Gasteiger partial charge on any atom is -0.478 e. The SMILES string of the molecule is CNC(=O)Cn1c(C(C)C)nc2cc(C(=O)O)ccc21. The van der Waals surface area contributed by atoms with Crippen molar-refractivity contribution in [2.45, 2.75) is 26.3 Å². The smallest absolute Gasteiger partial charge is 0.335 e. The number of imidazole rings is 1. The van der Waals surface area contributed by atoms with Crippen LogP contribution >= 0.6 is 0 Å². The number of aromatic carboxylic acids is 1. The molecule has 0 saturated carbocycles. The number of benzene rings is 1. The van der Waals surface area contributed by atoms with E-state index in [2.05, 4.69) is 10.3 Å². The van der Waals surface area contributed by atoms with Gasteiger partial charge in [-0.2, -0.15) is 0 Å². The molecule has 0 bridgehead atoms. The maximum atomic E-state index is 11.6. The first-order valence-electron chi connectivity index (χ1n) is 6.38. The molecular formula is C14H17N3O3. The molecule has 0 atom stereocenters. The summed E-state index contributed by atoms with van der Waals surface area (Å²) in [6.07, 6.45) is 0. The van der Waals surface area contributed by atoms with Gasteiger partial charge < -0.3 is 15.0 Å². The highest BCUT2D eigenvalue weighted by Crippen LogP contribution is 2.23. The monoisotopic (exact) mass is 275 g/mol. The molecule has 2 aromatic rings. The Labute approximate surface area is 116 Å². The molecule has 0 aliphatic carbocycles. The van der Waals surface area contributed by atoms with Crippen LogP contribution in [0, 0.1) is 0 Å². The van der Waals surface area contributed by atoms with Gasteiger partial charge in [0.2, 0.25) is 5.91 Å². The molecule has 1 aromatic carbocycles. The number of carboxylic acids is 1. The van der Waals surface area contributed by atoms with Crippen LogP contribution in [-0.4, -0.2) is 33.6 Å². The number of nitrogens with one attached hydrogen (secondary N) is 1. The highest BCUT2D eigenvalue weighted by molar-refractivity contribution is 5.92. The predicted octanol–water partition coefficient (Wildman–Crippen LogP) is 1.60. The van der Waals surface area contributed by atoms with E-state index in [1.54, 1.807) is 13.1 Å². The van der Waals surface area contributed by atoms with Crippen LogP contribution in [0.5, 0.6) is 0 Å².